The summed E-state index contributed by atoms with van der Waals surface area (Å²) in [6.45, 7) is 0. The Bertz CT molecular complexity index is 435. The molecule has 2 bridgehead atoms. The lowest BCUT2D eigenvalue weighted by Crippen LogP contribution is -2.55. The third-order valence-corrected chi connectivity index (χ3v) is 4.20. The van der Waals surface area contributed by atoms with Gasteiger partial charge in [0.1, 0.15) is 11.6 Å². The van der Waals surface area contributed by atoms with Crippen LogP contribution in [0.5, 0.6) is 0 Å². The fourth-order valence-corrected chi connectivity index (χ4v) is 3.51. The molecule has 2 unspecified atom stereocenters. The molecule has 3 rings (SSSR count). The fourth-order valence-electron chi connectivity index (χ4n) is 3.51. The van der Waals surface area contributed by atoms with Crippen LogP contribution in [-0.4, -0.2) is 18.1 Å². The van der Waals surface area contributed by atoms with Gasteiger partial charge in [-0.2, -0.15) is 0 Å². The maximum Gasteiger partial charge on any atom is 0.149 e. The third-order valence-electron chi connectivity index (χ3n) is 4.20. The van der Waals surface area contributed by atoms with E-state index in [9.17, 15) is 8.78 Å². The summed E-state index contributed by atoms with van der Waals surface area (Å²) >= 11 is 0. The number of hydrogen-bond acceptors (Lipinski definition) is 2. The van der Waals surface area contributed by atoms with Crippen LogP contribution in [0, 0.1) is 11.6 Å². The van der Waals surface area contributed by atoms with Gasteiger partial charge in [0.2, 0.25) is 0 Å². The monoisotopic (exact) mass is 252 g/mol. The Morgan fingerprint density at radius 2 is 1.78 bits per heavy atom. The van der Waals surface area contributed by atoms with E-state index in [0.717, 1.165) is 31.7 Å². The van der Waals surface area contributed by atoms with Gasteiger partial charge in [0.05, 0.1) is 5.69 Å². The summed E-state index contributed by atoms with van der Waals surface area (Å²) in [7, 11) is 0. The van der Waals surface area contributed by atoms with Crippen LogP contribution in [0.3, 0.4) is 0 Å². The maximum atomic E-state index is 13.9. The number of nitrogens with zero attached hydrogens (tertiary/aromatic N) is 1. The van der Waals surface area contributed by atoms with Gasteiger partial charge in [-0.15, -0.1) is 0 Å². The van der Waals surface area contributed by atoms with E-state index in [-0.39, 0.29) is 6.04 Å². The fraction of sp³-hybridized carbons (Fsp3) is 0.571. The highest BCUT2D eigenvalue weighted by Gasteiger charge is 2.38. The Hall–Kier alpha value is -1.16. The highest BCUT2D eigenvalue weighted by molar-refractivity contribution is 5.51. The van der Waals surface area contributed by atoms with Crippen molar-refractivity contribution in [1.82, 2.24) is 0 Å². The molecule has 2 N–H and O–H groups in total. The average Bonchev–Trinajstić information content (AvgIpc) is 2.28. The molecular weight excluding hydrogens is 234 g/mol. The van der Waals surface area contributed by atoms with Crippen molar-refractivity contribution >= 4 is 5.69 Å². The largest absolute Gasteiger partial charge is 0.363 e. The molecule has 2 aliphatic heterocycles. The van der Waals surface area contributed by atoms with Gasteiger partial charge < -0.3 is 10.6 Å². The van der Waals surface area contributed by atoms with Crippen LogP contribution in [0.25, 0.3) is 0 Å². The van der Waals surface area contributed by atoms with Crippen LogP contribution in [0.1, 0.15) is 32.1 Å². The van der Waals surface area contributed by atoms with E-state index < -0.39 is 11.6 Å². The molecule has 0 aromatic heterocycles. The molecule has 1 aromatic rings. The molecule has 2 nitrogen and oxygen atoms in total. The van der Waals surface area contributed by atoms with Gasteiger partial charge in [-0.1, -0.05) is 0 Å². The van der Waals surface area contributed by atoms with E-state index in [4.69, 9.17) is 5.73 Å². The molecule has 0 spiro atoms. The van der Waals surface area contributed by atoms with Crippen molar-refractivity contribution in [3.63, 3.8) is 0 Å². The first kappa shape index (κ1) is 11.9. The molecule has 2 heterocycles. The summed E-state index contributed by atoms with van der Waals surface area (Å²) in [4.78, 5) is 2.14. The van der Waals surface area contributed by atoms with Crippen LogP contribution < -0.4 is 10.6 Å². The van der Waals surface area contributed by atoms with Crippen LogP contribution in [0.15, 0.2) is 18.2 Å². The maximum absolute atomic E-state index is 13.9. The summed E-state index contributed by atoms with van der Waals surface area (Å²) in [6.07, 6.45) is 5.12. The van der Waals surface area contributed by atoms with Gasteiger partial charge in [-0.3, -0.25) is 0 Å². The Morgan fingerprint density at radius 3 is 2.39 bits per heavy atom. The van der Waals surface area contributed by atoms with Crippen LogP contribution in [0.2, 0.25) is 0 Å². The first-order valence-corrected chi connectivity index (χ1v) is 6.64. The molecule has 0 radical (unpaired) electrons. The van der Waals surface area contributed by atoms with E-state index in [0.29, 0.717) is 17.8 Å². The molecule has 0 aliphatic carbocycles. The van der Waals surface area contributed by atoms with Gasteiger partial charge >= 0.3 is 0 Å². The zero-order valence-corrected chi connectivity index (χ0v) is 10.3. The van der Waals surface area contributed by atoms with E-state index in [1.165, 1.54) is 12.5 Å². The minimum Gasteiger partial charge on any atom is -0.363 e. The standard InChI is InChI=1S/C14H18F2N2/c15-9-4-5-14(13(16)6-9)18-11-2-1-3-12(18)8-10(17)7-11/h4-6,10-12H,1-3,7-8,17H2. The Kier molecular flexibility index (Phi) is 2.98. The van der Waals surface area contributed by atoms with Crippen molar-refractivity contribution in [2.75, 3.05) is 4.90 Å². The molecule has 0 amide bonds. The second kappa shape index (κ2) is 4.50. The first-order chi connectivity index (χ1) is 8.65. The molecule has 2 fully saturated rings. The normalized spacial score (nSPS) is 31.5. The number of anilines is 1. The first-order valence-electron chi connectivity index (χ1n) is 6.64. The van der Waals surface area contributed by atoms with E-state index >= 15 is 0 Å². The number of piperidine rings is 2. The Morgan fingerprint density at radius 1 is 1.11 bits per heavy atom. The quantitative estimate of drug-likeness (QED) is 0.832. The highest BCUT2D eigenvalue weighted by Crippen LogP contribution is 2.38. The van der Waals surface area contributed by atoms with Crippen molar-refractivity contribution in [3.8, 4) is 0 Å². The second-order valence-electron chi connectivity index (χ2n) is 5.47. The third kappa shape index (κ3) is 1.99. The SMILES string of the molecule is NC1CC2CCCC(C1)N2c1ccc(F)cc1F. The Balaban J connectivity index is 1.95. The smallest absolute Gasteiger partial charge is 0.149 e. The molecule has 2 atom stereocenters. The molecule has 1 aromatic carbocycles. The lowest BCUT2D eigenvalue weighted by Gasteiger charge is -2.49. The molecule has 98 valence electrons. The zero-order valence-electron chi connectivity index (χ0n) is 10.3. The van der Waals surface area contributed by atoms with Crippen molar-refractivity contribution in [1.29, 1.82) is 0 Å². The Labute approximate surface area is 106 Å². The van der Waals surface area contributed by atoms with Crippen molar-refractivity contribution < 1.29 is 8.78 Å². The highest BCUT2D eigenvalue weighted by atomic mass is 19.1. The summed E-state index contributed by atoms with van der Waals surface area (Å²) in [5.74, 6) is -0.975. The lowest BCUT2D eigenvalue weighted by atomic mass is 9.81. The number of fused-ring (bicyclic) bond motifs is 2. The molecule has 2 aliphatic rings. The minimum atomic E-state index is -0.518. The number of halogens is 2. The van der Waals surface area contributed by atoms with Gasteiger partial charge in [-0.25, -0.2) is 8.78 Å². The molecule has 4 heteroatoms. The van der Waals surface area contributed by atoms with E-state index in [1.807, 2.05) is 0 Å². The topological polar surface area (TPSA) is 29.3 Å². The van der Waals surface area contributed by atoms with Crippen LogP contribution in [0.4, 0.5) is 14.5 Å². The number of nitrogens with two attached hydrogens (primary N) is 1. The van der Waals surface area contributed by atoms with Crippen molar-refractivity contribution in [2.45, 2.75) is 50.2 Å². The van der Waals surface area contributed by atoms with Crippen LogP contribution >= 0.6 is 0 Å². The summed E-state index contributed by atoms with van der Waals surface area (Å²) in [5.41, 5.74) is 6.59. The second-order valence-corrected chi connectivity index (χ2v) is 5.47. The minimum absolute atomic E-state index is 0.222. The molecular formula is C14H18F2N2. The summed E-state index contributed by atoms with van der Waals surface area (Å²) in [5, 5.41) is 0. The predicted octanol–water partition coefficient (Wildman–Crippen LogP) is 2.81. The van der Waals surface area contributed by atoms with Gasteiger partial charge in [0, 0.05) is 24.2 Å². The molecule has 0 saturated carbocycles. The van der Waals surface area contributed by atoms with Gasteiger partial charge in [0.25, 0.3) is 0 Å². The van der Waals surface area contributed by atoms with Crippen molar-refractivity contribution in [3.05, 3.63) is 29.8 Å². The van der Waals surface area contributed by atoms with E-state index in [2.05, 4.69) is 4.90 Å². The summed E-state index contributed by atoms with van der Waals surface area (Å²) < 4.78 is 26.9. The summed E-state index contributed by atoms with van der Waals surface area (Å²) in [6, 6.07) is 4.72. The van der Waals surface area contributed by atoms with Crippen LogP contribution in [-0.2, 0) is 0 Å². The van der Waals surface area contributed by atoms with Gasteiger partial charge in [0.15, 0.2) is 0 Å². The zero-order chi connectivity index (χ0) is 12.7. The number of hydrogen-bond donors (Lipinski definition) is 1. The lowest BCUT2D eigenvalue weighted by molar-refractivity contribution is 0.269. The molecule has 18 heavy (non-hydrogen) atoms. The predicted molar refractivity (Wildman–Crippen MR) is 67.5 cm³/mol. The number of rotatable bonds is 1. The van der Waals surface area contributed by atoms with E-state index in [1.54, 1.807) is 6.07 Å². The van der Waals surface area contributed by atoms with Gasteiger partial charge in [-0.05, 0) is 44.2 Å². The average molecular weight is 252 g/mol. The molecule has 2 saturated heterocycles. The number of benzene rings is 1. The van der Waals surface area contributed by atoms with Crippen molar-refractivity contribution in [2.24, 2.45) is 5.73 Å².